The highest BCUT2D eigenvalue weighted by molar-refractivity contribution is 6.39. The minimum absolute atomic E-state index is 0.0860. The van der Waals surface area contributed by atoms with E-state index >= 15 is 0 Å². The molecule has 0 aromatic heterocycles. The smallest absolute Gasteiger partial charge is 0.416 e. The van der Waals surface area contributed by atoms with Gasteiger partial charge in [-0.25, -0.2) is 9.18 Å². The minimum atomic E-state index is -4.82. The largest absolute Gasteiger partial charge is 0.507 e. The van der Waals surface area contributed by atoms with Crippen LogP contribution < -0.4 is 0 Å². The van der Waals surface area contributed by atoms with Crippen LogP contribution in [0.1, 0.15) is 18.1 Å². The summed E-state index contributed by atoms with van der Waals surface area (Å²) in [4.78, 5) is 22.3. The number of ketones is 1. The number of hydrogen-bond acceptors (Lipinski definition) is 4. The lowest BCUT2D eigenvalue weighted by molar-refractivity contribution is -0.151. The van der Waals surface area contributed by atoms with Crippen molar-refractivity contribution in [3.05, 3.63) is 41.2 Å². The first-order valence-electron chi connectivity index (χ1n) is 5.65. The van der Waals surface area contributed by atoms with Gasteiger partial charge in [0, 0.05) is 11.6 Å². The van der Waals surface area contributed by atoms with Crippen LogP contribution in [-0.2, 0) is 20.5 Å². The fourth-order valence-corrected chi connectivity index (χ4v) is 1.37. The Labute approximate surface area is 116 Å². The Kier molecular flexibility index (Phi) is 5.07. The molecule has 114 valence electrons. The Hall–Kier alpha value is -2.38. The van der Waals surface area contributed by atoms with E-state index < -0.39 is 40.6 Å². The van der Waals surface area contributed by atoms with E-state index in [1.165, 1.54) is 6.92 Å². The van der Waals surface area contributed by atoms with Gasteiger partial charge in [-0.1, -0.05) is 0 Å². The van der Waals surface area contributed by atoms with E-state index in [0.717, 1.165) is 0 Å². The molecule has 0 unspecified atom stereocenters. The Morgan fingerprint density at radius 3 is 2.43 bits per heavy atom. The number of alkyl halides is 3. The zero-order valence-corrected chi connectivity index (χ0v) is 10.7. The molecule has 0 bridgehead atoms. The quantitative estimate of drug-likeness (QED) is 0.305. The number of ether oxygens (including phenoxy) is 1. The molecule has 0 aliphatic rings. The van der Waals surface area contributed by atoms with Crippen LogP contribution >= 0.6 is 0 Å². The molecule has 4 nitrogen and oxygen atoms in total. The third-order valence-electron chi connectivity index (χ3n) is 2.27. The molecule has 0 saturated heterocycles. The lowest BCUT2D eigenvalue weighted by Crippen LogP contribution is -2.15. The summed E-state index contributed by atoms with van der Waals surface area (Å²) in [6.07, 6.45) is -4.45. The molecule has 8 heteroatoms. The highest BCUT2D eigenvalue weighted by Gasteiger charge is 2.31. The molecule has 1 N–H and O–H groups in total. The van der Waals surface area contributed by atoms with Crippen LogP contribution in [0.3, 0.4) is 0 Å². The van der Waals surface area contributed by atoms with Crippen molar-refractivity contribution in [2.75, 3.05) is 6.61 Å². The number of aliphatic hydroxyl groups excluding tert-OH is 1. The van der Waals surface area contributed by atoms with Crippen LogP contribution in [-0.4, -0.2) is 23.5 Å². The summed E-state index contributed by atoms with van der Waals surface area (Å²) < 4.78 is 54.9. The summed E-state index contributed by atoms with van der Waals surface area (Å²) in [7, 11) is 0. The maximum absolute atomic E-state index is 13.1. The monoisotopic (exact) mass is 306 g/mol. The fraction of sp³-hybridized carbons (Fsp3) is 0.231. The third kappa shape index (κ3) is 4.59. The summed E-state index contributed by atoms with van der Waals surface area (Å²) in [6, 6.07) is 1.29. The van der Waals surface area contributed by atoms with Gasteiger partial charge in [-0.15, -0.1) is 0 Å². The van der Waals surface area contributed by atoms with Gasteiger partial charge in [0.1, 0.15) is 11.6 Å². The summed E-state index contributed by atoms with van der Waals surface area (Å²) in [5.41, 5.74) is -1.92. The van der Waals surface area contributed by atoms with E-state index in [2.05, 4.69) is 4.74 Å². The molecular weight excluding hydrogens is 296 g/mol. The number of hydrogen-bond donors (Lipinski definition) is 1. The van der Waals surface area contributed by atoms with Gasteiger partial charge in [0.2, 0.25) is 0 Å². The van der Waals surface area contributed by atoms with Gasteiger partial charge in [0.05, 0.1) is 12.2 Å². The summed E-state index contributed by atoms with van der Waals surface area (Å²) in [6.45, 7) is 1.36. The van der Waals surface area contributed by atoms with Crippen LogP contribution in [0.4, 0.5) is 17.6 Å². The number of carbonyl (C=O) groups excluding carboxylic acids is 2. The third-order valence-corrected chi connectivity index (χ3v) is 2.27. The summed E-state index contributed by atoms with van der Waals surface area (Å²) in [5, 5.41) is 9.52. The zero-order valence-electron chi connectivity index (χ0n) is 10.7. The van der Waals surface area contributed by atoms with Gasteiger partial charge in [0.15, 0.2) is 0 Å². The van der Waals surface area contributed by atoms with E-state index in [1.807, 2.05) is 0 Å². The van der Waals surface area contributed by atoms with Crippen LogP contribution in [0.15, 0.2) is 24.3 Å². The predicted molar refractivity (Wildman–Crippen MR) is 63.6 cm³/mol. The molecule has 1 aromatic rings. The Morgan fingerprint density at radius 1 is 1.29 bits per heavy atom. The maximum atomic E-state index is 13.1. The maximum Gasteiger partial charge on any atom is 0.416 e. The molecule has 0 fully saturated rings. The van der Waals surface area contributed by atoms with Crippen LogP contribution in [0, 0.1) is 5.82 Å². The lowest BCUT2D eigenvalue weighted by Gasteiger charge is -2.09. The van der Waals surface area contributed by atoms with Gasteiger partial charge >= 0.3 is 12.1 Å². The molecule has 0 spiro atoms. The second-order valence-electron chi connectivity index (χ2n) is 3.84. The fourth-order valence-electron chi connectivity index (χ4n) is 1.37. The van der Waals surface area contributed by atoms with E-state index in [9.17, 15) is 32.3 Å². The van der Waals surface area contributed by atoms with Crippen LogP contribution in [0.2, 0.25) is 0 Å². The van der Waals surface area contributed by atoms with Gasteiger partial charge in [-0.05, 0) is 25.1 Å². The number of esters is 1. The average molecular weight is 306 g/mol. The molecule has 0 amide bonds. The normalized spacial score (nSPS) is 12.1. The highest BCUT2D eigenvalue weighted by atomic mass is 19.4. The molecule has 0 atom stereocenters. The van der Waals surface area contributed by atoms with Gasteiger partial charge in [-0.2, -0.15) is 13.2 Å². The van der Waals surface area contributed by atoms with Crippen molar-refractivity contribution >= 4 is 17.5 Å². The van der Waals surface area contributed by atoms with Gasteiger partial charge in [-0.3, -0.25) is 4.79 Å². The van der Waals surface area contributed by atoms with Crippen molar-refractivity contribution < 1.29 is 37.0 Å². The predicted octanol–water partition coefficient (Wildman–Crippen LogP) is 2.88. The van der Waals surface area contributed by atoms with E-state index in [0.29, 0.717) is 18.2 Å². The van der Waals surface area contributed by atoms with Crippen LogP contribution in [0.25, 0.3) is 5.76 Å². The number of aliphatic hydroxyl groups is 1. The summed E-state index contributed by atoms with van der Waals surface area (Å²) >= 11 is 0. The highest BCUT2D eigenvalue weighted by Crippen LogP contribution is 2.31. The summed E-state index contributed by atoms with van der Waals surface area (Å²) in [5.74, 6) is -4.77. The molecule has 21 heavy (non-hydrogen) atoms. The molecule has 0 radical (unpaired) electrons. The molecular formula is C13H10F4O4. The Bertz CT molecular complexity index is 590. The molecule has 0 heterocycles. The molecule has 0 aliphatic heterocycles. The minimum Gasteiger partial charge on any atom is -0.507 e. The first-order valence-corrected chi connectivity index (χ1v) is 5.65. The van der Waals surface area contributed by atoms with Crippen molar-refractivity contribution in [3.8, 4) is 0 Å². The van der Waals surface area contributed by atoms with Gasteiger partial charge in [0.25, 0.3) is 5.78 Å². The average Bonchev–Trinajstić information content (AvgIpc) is 2.37. The first-order chi connectivity index (χ1) is 9.65. The SMILES string of the molecule is CCOC(=O)C(=O)/C=C(\O)c1cc(F)cc(C(F)(F)F)c1. The second kappa shape index (κ2) is 6.38. The molecule has 1 rings (SSSR count). The molecule has 1 aromatic carbocycles. The van der Waals surface area contributed by atoms with Crippen molar-refractivity contribution in [1.82, 2.24) is 0 Å². The lowest BCUT2D eigenvalue weighted by atomic mass is 10.1. The Balaban J connectivity index is 3.13. The topological polar surface area (TPSA) is 63.6 Å². The molecule has 0 saturated carbocycles. The number of rotatable bonds is 4. The zero-order chi connectivity index (χ0) is 16.2. The van der Waals surface area contributed by atoms with Crippen molar-refractivity contribution in [2.45, 2.75) is 13.1 Å². The number of halogens is 4. The van der Waals surface area contributed by atoms with E-state index in [1.54, 1.807) is 0 Å². The van der Waals surface area contributed by atoms with Crippen molar-refractivity contribution in [1.29, 1.82) is 0 Å². The van der Waals surface area contributed by atoms with E-state index in [-0.39, 0.29) is 12.7 Å². The standard InChI is InChI=1S/C13H10F4O4/c1-2-21-12(20)11(19)6-10(18)7-3-8(13(15,16)17)5-9(14)4-7/h3-6,18H,2H2,1H3/b10-6-. The van der Waals surface area contributed by atoms with Crippen LogP contribution in [0.5, 0.6) is 0 Å². The van der Waals surface area contributed by atoms with Gasteiger partial charge < -0.3 is 9.84 Å². The Morgan fingerprint density at radius 2 is 1.90 bits per heavy atom. The van der Waals surface area contributed by atoms with E-state index in [4.69, 9.17) is 0 Å². The van der Waals surface area contributed by atoms with Crippen molar-refractivity contribution in [3.63, 3.8) is 0 Å². The van der Waals surface area contributed by atoms with Crippen molar-refractivity contribution in [2.24, 2.45) is 0 Å². The number of benzene rings is 1. The first kappa shape index (κ1) is 16.7. The number of carbonyl (C=O) groups is 2. The second-order valence-corrected chi connectivity index (χ2v) is 3.84. The molecule has 0 aliphatic carbocycles.